The predicted molar refractivity (Wildman–Crippen MR) is 83.6 cm³/mol. The molecule has 0 heterocycles. The van der Waals surface area contributed by atoms with Crippen LogP contribution in [0.3, 0.4) is 0 Å². The fourth-order valence-corrected chi connectivity index (χ4v) is 2.44. The third kappa shape index (κ3) is 5.11. The van der Waals surface area contributed by atoms with Gasteiger partial charge in [0.1, 0.15) is 0 Å². The van der Waals surface area contributed by atoms with Gasteiger partial charge in [0.25, 0.3) is 0 Å². The van der Waals surface area contributed by atoms with Crippen molar-refractivity contribution in [1.82, 2.24) is 9.80 Å². The van der Waals surface area contributed by atoms with E-state index in [1.54, 1.807) is 0 Å². The molecule has 0 aliphatic carbocycles. The number of benzene rings is 1. The first-order valence-electron chi connectivity index (χ1n) is 6.81. The molecule has 0 fully saturated rings. The summed E-state index contributed by atoms with van der Waals surface area (Å²) in [6.45, 7) is 4.13. The molecule has 2 unspecified atom stereocenters. The highest BCUT2D eigenvalue weighted by atomic mass is 35.5. The maximum atomic E-state index is 6.31. The minimum atomic E-state index is 0.116. The molecular weight excluding hydrogens is 258 g/mol. The predicted octanol–water partition coefficient (Wildman–Crippen LogP) is 2.61. The van der Waals surface area contributed by atoms with Crippen LogP contribution in [0.5, 0.6) is 0 Å². The lowest BCUT2D eigenvalue weighted by Crippen LogP contribution is -2.41. The van der Waals surface area contributed by atoms with Gasteiger partial charge in [-0.05, 0) is 45.3 Å². The minimum Gasteiger partial charge on any atom is -0.326 e. The van der Waals surface area contributed by atoms with Crippen LogP contribution < -0.4 is 5.73 Å². The Morgan fingerprint density at radius 1 is 1.21 bits per heavy atom. The molecule has 1 aromatic rings. The van der Waals surface area contributed by atoms with Crippen molar-refractivity contribution in [2.24, 2.45) is 5.73 Å². The van der Waals surface area contributed by atoms with E-state index in [4.69, 9.17) is 17.3 Å². The lowest BCUT2D eigenvalue weighted by Gasteiger charge is -2.33. The zero-order chi connectivity index (χ0) is 14.4. The van der Waals surface area contributed by atoms with Gasteiger partial charge >= 0.3 is 0 Å². The van der Waals surface area contributed by atoms with E-state index >= 15 is 0 Å². The summed E-state index contributed by atoms with van der Waals surface area (Å²) in [5.74, 6) is 0. The smallest absolute Gasteiger partial charge is 0.0497 e. The van der Waals surface area contributed by atoms with Crippen LogP contribution >= 0.6 is 11.6 Å². The Balaban J connectivity index is 2.88. The monoisotopic (exact) mass is 283 g/mol. The molecule has 1 aromatic carbocycles. The highest BCUT2D eigenvalue weighted by Gasteiger charge is 2.23. The number of nitrogens with two attached hydrogens (primary N) is 1. The maximum Gasteiger partial charge on any atom is 0.0497 e. The van der Waals surface area contributed by atoms with Gasteiger partial charge in [-0.25, -0.2) is 0 Å². The van der Waals surface area contributed by atoms with E-state index in [1.165, 1.54) is 5.56 Å². The Bertz CT molecular complexity index is 381. The molecule has 0 radical (unpaired) electrons. The number of rotatable bonds is 7. The minimum absolute atomic E-state index is 0.116. The van der Waals surface area contributed by atoms with Crippen molar-refractivity contribution in [3.8, 4) is 0 Å². The fourth-order valence-electron chi connectivity index (χ4n) is 2.24. The molecule has 1 rings (SSSR count). The van der Waals surface area contributed by atoms with Gasteiger partial charge in [0.15, 0.2) is 0 Å². The molecular formula is C15H26ClN3. The molecule has 0 aromatic heterocycles. The average Bonchev–Trinajstić information content (AvgIpc) is 2.36. The normalized spacial score (nSPS) is 14.9. The molecule has 108 valence electrons. The van der Waals surface area contributed by atoms with Crippen molar-refractivity contribution in [3.63, 3.8) is 0 Å². The van der Waals surface area contributed by atoms with Crippen molar-refractivity contribution < 1.29 is 0 Å². The highest BCUT2D eigenvalue weighted by Crippen LogP contribution is 2.25. The second kappa shape index (κ2) is 7.85. The molecule has 4 heteroatoms. The van der Waals surface area contributed by atoms with Crippen LogP contribution in [0.1, 0.15) is 24.9 Å². The summed E-state index contributed by atoms with van der Waals surface area (Å²) in [7, 11) is 6.30. The van der Waals surface area contributed by atoms with Gasteiger partial charge in [-0.2, -0.15) is 0 Å². The van der Waals surface area contributed by atoms with Crippen LogP contribution in [-0.2, 0) is 0 Å². The Labute approximate surface area is 122 Å². The zero-order valence-corrected chi connectivity index (χ0v) is 13.2. The van der Waals surface area contributed by atoms with Crippen LogP contribution in [0.2, 0.25) is 5.02 Å². The van der Waals surface area contributed by atoms with Gasteiger partial charge in [0, 0.05) is 30.2 Å². The SMILES string of the molecule is CCC(N)C(c1cccc(Cl)c1)N(C)CCN(C)C. The van der Waals surface area contributed by atoms with Gasteiger partial charge < -0.3 is 10.6 Å². The molecule has 2 N–H and O–H groups in total. The van der Waals surface area contributed by atoms with Crippen LogP contribution in [-0.4, -0.2) is 50.1 Å². The fraction of sp³-hybridized carbons (Fsp3) is 0.600. The lowest BCUT2D eigenvalue weighted by atomic mass is 9.96. The third-order valence-electron chi connectivity index (χ3n) is 3.44. The summed E-state index contributed by atoms with van der Waals surface area (Å²) in [5.41, 5.74) is 7.51. The molecule has 19 heavy (non-hydrogen) atoms. The van der Waals surface area contributed by atoms with Gasteiger partial charge in [0.05, 0.1) is 0 Å². The first-order valence-corrected chi connectivity index (χ1v) is 7.19. The summed E-state index contributed by atoms with van der Waals surface area (Å²) in [4.78, 5) is 4.50. The molecule has 3 nitrogen and oxygen atoms in total. The quantitative estimate of drug-likeness (QED) is 0.835. The second-order valence-electron chi connectivity index (χ2n) is 5.36. The summed E-state index contributed by atoms with van der Waals surface area (Å²) < 4.78 is 0. The Morgan fingerprint density at radius 2 is 1.89 bits per heavy atom. The number of nitrogens with zero attached hydrogens (tertiary/aromatic N) is 2. The number of hydrogen-bond acceptors (Lipinski definition) is 3. The number of halogens is 1. The van der Waals surface area contributed by atoms with Crippen molar-refractivity contribution in [3.05, 3.63) is 34.9 Å². The Kier molecular flexibility index (Phi) is 6.80. The number of likely N-dealkylation sites (N-methyl/N-ethyl adjacent to an activating group) is 2. The van der Waals surface area contributed by atoms with Gasteiger partial charge in [-0.15, -0.1) is 0 Å². The van der Waals surface area contributed by atoms with Crippen molar-refractivity contribution in [1.29, 1.82) is 0 Å². The third-order valence-corrected chi connectivity index (χ3v) is 3.68. The molecule has 0 amide bonds. The molecule has 0 spiro atoms. The molecule has 0 aliphatic heterocycles. The summed E-state index contributed by atoms with van der Waals surface area (Å²) >= 11 is 6.10. The van der Waals surface area contributed by atoms with Crippen LogP contribution in [0.15, 0.2) is 24.3 Å². The standard InChI is InChI=1S/C15H26ClN3/c1-5-14(17)15(19(4)10-9-18(2)3)12-7-6-8-13(16)11-12/h6-8,11,14-15H,5,9-10,17H2,1-4H3. The summed E-state index contributed by atoms with van der Waals surface area (Å²) in [6, 6.07) is 8.35. The second-order valence-corrected chi connectivity index (χ2v) is 5.79. The van der Waals surface area contributed by atoms with Gasteiger partial charge in [-0.3, -0.25) is 4.90 Å². The number of hydrogen-bond donors (Lipinski definition) is 1. The van der Waals surface area contributed by atoms with Crippen molar-refractivity contribution >= 4 is 11.6 Å². The van der Waals surface area contributed by atoms with E-state index in [0.717, 1.165) is 24.5 Å². The lowest BCUT2D eigenvalue weighted by molar-refractivity contribution is 0.191. The van der Waals surface area contributed by atoms with E-state index in [0.29, 0.717) is 0 Å². The Morgan fingerprint density at radius 3 is 2.42 bits per heavy atom. The van der Waals surface area contributed by atoms with Gasteiger partial charge in [0.2, 0.25) is 0 Å². The first kappa shape index (κ1) is 16.4. The molecule has 0 saturated heterocycles. The largest absolute Gasteiger partial charge is 0.326 e. The molecule has 0 aliphatic rings. The van der Waals surface area contributed by atoms with Crippen molar-refractivity contribution in [2.45, 2.75) is 25.4 Å². The van der Waals surface area contributed by atoms with E-state index in [9.17, 15) is 0 Å². The van der Waals surface area contributed by atoms with Crippen LogP contribution in [0.25, 0.3) is 0 Å². The maximum absolute atomic E-state index is 6.31. The molecule has 0 bridgehead atoms. The van der Waals surface area contributed by atoms with Crippen LogP contribution in [0, 0.1) is 0 Å². The molecule has 2 atom stereocenters. The van der Waals surface area contributed by atoms with Crippen LogP contribution in [0.4, 0.5) is 0 Å². The first-order chi connectivity index (χ1) is 8.95. The van der Waals surface area contributed by atoms with E-state index in [2.05, 4.69) is 43.9 Å². The van der Waals surface area contributed by atoms with Crippen molar-refractivity contribution in [2.75, 3.05) is 34.2 Å². The van der Waals surface area contributed by atoms with E-state index in [-0.39, 0.29) is 12.1 Å². The van der Waals surface area contributed by atoms with E-state index in [1.807, 2.05) is 18.2 Å². The van der Waals surface area contributed by atoms with E-state index < -0.39 is 0 Å². The molecule has 0 saturated carbocycles. The average molecular weight is 284 g/mol. The summed E-state index contributed by atoms with van der Waals surface area (Å²) in [6.07, 6.45) is 0.948. The topological polar surface area (TPSA) is 32.5 Å². The Hall–Kier alpha value is -0.610. The van der Waals surface area contributed by atoms with Gasteiger partial charge in [-0.1, -0.05) is 30.7 Å². The zero-order valence-electron chi connectivity index (χ0n) is 12.4. The summed E-state index contributed by atoms with van der Waals surface area (Å²) in [5, 5.41) is 0.770. The highest BCUT2D eigenvalue weighted by molar-refractivity contribution is 6.30.